The van der Waals surface area contributed by atoms with Gasteiger partial charge in [-0.1, -0.05) is 31.0 Å². The van der Waals surface area contributed by atoms with Gasteiger partial charge in [0.1, 0.15) is 5.75 Å². The average molecular weight is 485 g/mol. The molecule has 1 amide bonds. The molecule has 0 saturated heterocycles. The maximum absolute atomic E-state index is 12.3. The third kappa shape index (κ3) is 7.01. The van der Waals surface area contributed by atoms with Crippen LogP contribution in [0.4, 0.5) is 0 Å². The van der Waals surface area contributed by atoms with E-state index in [0.717, 1.165) is 18.4 Å². The smallest absolute Gasteiger partial charge is 0.258 e. The molecule has 1 atom stereocenters. The topological polar surface area (TPSA) is 103 Å². The molecule has 0 spiro atoms. The van der Waals surface area contributed by atoms with Crippen LogP contribution >= 0.6 is 11.6 Å². The number of benzene rings is 2. The first-order chi connectivity index (χ1) is 15.2. The zero-order valence-electron chi connectivity index (χ0n) is 18.6. The summed E-state index contributed by atoms with van der Waals surface area (Å²) in [6.45, 7) is 3.88. The summed E-state index contributed by atoms with van der Waals surface area (Å²) in [5.41, 5.74) is 0.833. The highest BCUT2D eigenvalue weighted by Crippen LogP contribution is 2.30. The number of nitrogens with one attached hydrogen (secondary N) is 2. The molecule has 0 heterocycles. The molecule has 0 bridgehead atoms. The van der Waals surface area contributed by atoms with Gasteiger partial charge in [-0.25, -0.2) is 13.1 Å². The molecular formula is C22H29ClN2O6S. The lowest BCUT2D eigenvalue weighted by atomic mass is 10.1. The van der Waals surface area contributed by atoms with E-state index in [4.69, 9.17) is 25.8 Å². The van der Waals surface area contributed by atoms with Crippen LogP contribution in [0.1, 0.15) is 38.3 Å². The van der Waals surface area contributed by atoms with Crippen molar-refractivity contribution in [2.24, 2.45) is 0 Å². The second-order valence-electron chi connectivity index (χ2n) is 7.04. The Labute approximate surface area is 194 Å². The van der Waals surface area contributed by atoms with Crippen LogP contribution in [0.3, 0.4) is 0 Å². The number of halogens is 1. The molecule has 2 rings (SSSR count). The van der Waals surface area contributed by atoms with E-state index in [1.807, 2.05) is 19.9 Å². The van der Waals surface area contributed by atoms with E-state index < -0.39 is 10.0 Å². The summed E-state index contributed by atoms with van der Waals surface area (Å²) >= 11 is 6.17. The Morgan fingerprint density at radius 3 is 2.38 bits per heavy atom. The SMILES string of the molecule is CCCCNS(=O)(=O)c1ccc(OCC(=O)NC(C)c2ccc(OC)c(OC)c2)c(Cl)c1. The third-order valence-corrected chi connectivity index (χ3v) is 6.43. The quantitative estimate of drug-likeness (QED) is 0.445. The first-order valence-corrected chi connectivity index (χ1v) is 12.0. The molecule has 0 aromatic heterocycles. The Bertz CT molecular complexity index is 1030. The van der Waals surface area contributed by atoms with E-state index in [-0.39, 0.29) is 34.2 Å². The van der Waals surface area contributed by atoms with E-state index in [0.29, 0.717) is 18.0 Å². The molecule has 0 radical (unpaired) electrons. The van der Waals surface area contributed by atoms with Crippen molar-refractivity contribution in [1.29, 1.82) is 0 Å². The van der Waals surface area contributed by atoms with Gasteiger partial charge in [0.15, 0.2) is 18.1 Å². The molecule has 0 aliphatic carbocycles. The fraction of sp³-hybridized carbons (Fsp3) is 0.409. The van der Waals surface area contributed by atoms with Gasteiger partial charge in [0.2, 0.25) is 10.0 Å². The van der Waals surface area contributed by atoms with Gasteiger partial charge >= 0.3 is 0 Å². The van der Waals surface area contributed by atoms with Gasteiger partial charge in [-0.2, -0.15) is 0 Å². The number of sulfonamides is 1. The predicted molar refractivity (Wildman–Crippen MR) is 123 cm³/mol. The van der Waals surface area contributed by atoms with E-state index in [1.165, 1.54) is 18.2 Å². The number of hydrogen-bond acceptors (Lipinski definition) is 6. The number of hydrogen-bond donors (Lipinski definition) is 2. The van der Waals surface area contributed by atoms with Crippen molar-refractivity contribution in [2.45, 2.75) is 37.6 Å². The van der Waals surface area contributed by atoms with Crippen molar-refractivity contribution in [2.75, 3.05) is 27.4 Å². The summed E-state index contributed by atoms with van der Waals surface area (Å²) in [4.78, 5) is 12.4. The molecule has 2 aromatic carbocycles. The van der Waals surface area contributed by atoms with Gasteiger partial charge in [0.25, 0.3) is 5.91 Å². The summed E-state index contributed by atoms with van der Waals surface area (Å²) in [6.07, 6.45) is 1.62. The Hall–Kier alpha value is -2.49. The van der Waals surface area contributed by atoms with Gasteiger partial charge in [-0.05, 0) is 49.2 Å². The van der Waals surface area contributed by atoms with Crippen LogP contribution in [-0.4, -0.2) is 41.7 Å². The van der Waals surface area contributed by atoms with Crippen molar-refractivity contribution >= 4 is 27.5 Å². The summed E-state index contributed by atoms with van der Waals surface area (Å²) < 4.78 is 43.1. The summed E-state index contributed by atoms with van der Waals surface area (Å²) in [7, 11) is -0.555. The Morgan fingerprint density at radius 2 is 1.75 bits per heavy atom. The fourth-order valence-electron chi connectivity index (χ4n) is 2.86. The van der Waals surface area contributed by atoms with Gasteiger partial charge < -0.3 is 19.5 Å². The molecule has 0 aliphatic heterocycles. The Kier molecular flexibility index (Phi) is 9.61. The maximum Gasteiger partial charge on any atom is 0.258 e. The highest BCUT2D eigenvalue weighted by atomic mass is 35.5. The molecule has 2 N–H and O–H groups in total. The first-order valence-electron chi connectivity index (χ1n) is 10.1. The predicted octanol–water partition coefficient (Wildman–Crippen LogP) is 3.69. The van der Waals surface area contributed by atoms with Gasteiger partial charge in [0, 0.05) is 6.54 Å². The maximum atomic E-state index is 12.3. The second-order valence-corrected chi connectivity index (χ2v) is 9.21. The molecule has 10 heteroatoms. The van der Waals surface area contributed by atoms with Crippen LogP contribution in [0, 0.1) is 0 Å². The molecule has 176 valence electrons. The van der Waals surface area contributed by atoms with E-state index in [9.17, 15) is 13.2 Å². The molecule has 8 nitrogen and oxygen atoms in total. The number of carbonyl (C=O) groups is 1. The van der Waals surface area contributed by atoms with Crippen molar-refractivity contribution in [3.05, 3.63) is 47.0 Å². The second kappa shape index (κ2) is 11.9. The van der Waals surface area contributed by atoms with E-state index in [2.05, 4.69) is 10.0 Å². The van der Waals surface area contributed by atoms with Crippen LogP contribution < -0.4 is 24.2 Å². The zero-order chi connectivity index (χ0) is 23.7. The number of carbonyl (C=O) groups excluding carboxylic acids is 1. The minimum atomic E-state index is -3.65. The van der Waals surface area contributed by atoms with Crippen LogP contribution in [-0.2, 0) is 14.8 Å². The van der Waals surface area contributed by atoms with E-state index in [1.54, 1.807) is 26.4 Å². The molecule has 1 unspecified atom stereocenters. The lowest BCUT2D eigenvalue weighted by molar-refractivity contribution is -0.123. The number of unbranched alkanes of at least 4 members (excludes halogenated alkanes) is 1. The Morgan fingerprint density at radius 1 is 1.06 bits per heavy atom. The number of methoxy groups -OCH3 is 2. The van der Waals surface area contributed by atoms with Crippen LogP contribution in [0.5, 0.6) is 17.2 Å². The van der Waals surface area contributed by atoms with Gasteiger partial charge in [-0.15, -0.1) is 0 Å². The van der Waals surface area contributed by atoms with Crippen molar-refractivity contribution < 1.29 is 27.4 Å². The monoisotopic (exact) mass is 484 g/mol. The van der Waals surface area contributed by atoms with Crippen molar-refractivity contribution in [1.82, 2.24) is 10.0 Å². The first kappa shape index (κ1) is 25.8. The number of ether oxygens (including phenoxy) is 3. The minimum Gasteiger partial charge on any atom is -0.493 e. The summed E-state index contributed by atoms with van der Waals surface area (Å²) in [6, 6.07) is 9.20. The highest BCUT2D eigenvalue weighted by Gasteiger charge is 2.17. The molecule has 2 aromatic rings. The standard InChI is InChI=1S/C22H29ClN2O6S/c1-5-6-11-24-32(27,28)17-8-10-19(18(23)13-17)31-14-22(26)25-15(2)16-7-9-20(29-3)21(12-16)30-4/h7-10,12-13,15,24H,5-6,11,14H2,1-4H3,(H,25,26). The Balaban J connectivity index is 1.96. The van der Waals surface area contributed by atoms with Gasteiger partial charge in [-0.3, -0.25) is 4.79 Å². The minimum absolute atomic E-state index is 0.0393. The number of rotatable bonds is 12. The normalized spacial score (nSPS) is 12.2. The molecule has 0 saturated carbocycles. The van der Waals surface area contributed by atoms with Crippen LogP contribution in [0.15, 0.2) is 41.3 Å². The highest BCUT2D eigenvalue weighted by molar-refractivity contribution is 7.89. The lowest BCUT2D eigenvalue weighted by Gasteiger charge is -2.17. The van der Waals surface area contributed by atoms with E-state index >= 15 is 0 Å². The molecule has 0 aliphatic rings. The van der Waals surface area contributed by atoms with Crippen molar-refractivity contribution in [3.63, 3.8) is 0 Å². The third-order valence-electron chi connectivity index (χ3n) is 4.68. The molecular weight excluding hydrogens is 456 g/mol. The molecule has 32 heavy (non-hydrogen) atoms. The van der Waals surface area contributed by atoms with Crippen LogP contribution in [0.25, 0.3) is 0 Å². The van der Waals surface area contributed by atoms with Crippen LogP contribution in [0.2, 0.25) is 5.02 Å². The molecule has 0 fully saturated rings. The fourth-order valence-corrected chi connectivity index (χ4v) is 4.26. The summed E-state index contributed by atoms with van der Waals surface area (Å²) in [5.74, 6) is 1.02. The number of amides is 1. The average Bonchev–Trinajstić information content (AvgIpc) is 2.77. The largest absolute Gasteiger partial charge is 0.493 e. The zero-order valence-corrected chi connectivity index (χ0v) is 20.2. The van der Waals surface area contributed by atoms with Gasteiger partial charge in [0.05, 0.1) is 30.2 Å². The van der Waals surface area contributed by atoms with Crippen molar-refractivity contribution in [3.8, 4) is 17.2 Å². The lowest BCUT2D eigenvalue weighted by Crippen LogP contribution is -2.31. The summed E-state index contributed by atoms with van der Waals surface area (Å²) in [5, 5.41) is 2.93.